The van der Waals surface area contributed by atoms with E-state index in [9.17, 15) is 0 Å². The Morgan fingerprint density at radius 2 is 2.00 bits per heavy atom. The van der Waals surface area contributed by atoms with E-state index in [0.717, 1.165) is 0 Å². The highest BCUT2D eigenvalue weighted by atomic mass is 35.7. The lowest BCUT2D eigenvalue weighted by Crippen LogP contribution is -2.18. The van der Waals surface area contributed by atoms with Crippen LogP contribution in [0.15, 0.2) is 0 Å². The van der Waals surface area contributed by atoms with Crippen LogP contribution in [0.2, 0.25) is 6.55 Å². The van der Waals surface area contributed by atoms with Crippen LogP contribution in [0, 0.1) is 0 Å². The zero-order valence-electron chi connectivity index (χ0n) is 4.37. The number of hydrogen-bond acceptors (Lipinski definition) is 1. The lowest BCUT2D eigenvalue weighted by molar-refractivity contribution is 0.352. The Bertz CT molecular complexity index is 51.4. The third kappa shape index (κ3) is 6.76. The van der Waals surface area contributed by atoms with Gasteiger partial charge in [0.2, 0.25) is 0 Å². The summed E-state index contributed by atoms with van der Waals surface area (Å²) in [5.74, 6) is 0. The van der Waals surface area contributed by atoms with Crippen molar-refractivity contribution in [2.24, 2.45) is 0 Å². The van der Waals surface area contributed by atoms with E-state index in [2.05, 4.69) is 0 Å². The van der Waals surface area contributed by atoms with Crippen LogP contribution in [-0.2, 0) is 4.43 Å². The highest BCUT2D eigenvalue weighted by Crippen LogP contribution is 2.13. The van der Waals surface area contributed by atoms with E-state index in [-0.39, 0.29) is 0 Å². The van der Waals surface area contributed by atoms with Gasteiger partial charge in [0.15, 0.2) is 0 Å². The molecule has 0 aliphatic rings. The van der Waals surface area contributed by atoms with Crippen LogP contribution in [0.3, 0.4) is 0 Å². The fourth-order valence-electron chi connectivity index (χ4n) is 0.253. The summed E-state index contributed by atoms with van der Waals surface area (Å²) in [7, 11) is 0. The van der Waals surface area contributed by atoms with Gasteiger partial charge in [-0.05, 0) is 13.5 Å². The summed E-state index contributed by atoms with van der Waals surface area (Å²) in [5.41, 5.74) is 0. The van der Waals surface area contributed by atoms with Gasteiger partial charge in [-0.25, -0.2) is 0 Å². The first-order chi connectivity index (χ1) is 3.06. The molecule has 0 aliphatic carbocycles. The molecule has 0 spiro atoms. The fourth-order valence-corrected chi connectivity index (χ4v) is 1.41. The predicted molar refractivity (Wildman–Crippen MR) is 34.9 cm³/mol. The Morgan fingerprint density at radius 3 is 2.00 bits per heavy atom. The Kier molecular flexibility index (Phi) is 3.24. The Balaban J connectivity index is 3.15. The third-order valence-electron chi connectivity index (χ3n) is 0.398. The summed E-state index contributed by atoms with van der Waals surface area (Å²) in [6, 6.07) is 0. The molecule has 0 aromatic heterocycles. The molecule has 0 atom stereocenters. The standard InChI is InChI=1S/C3H8Cl2OSi/c1-3-6-7(2,4)5/h3H2,1-2H3. The van der Waals surface area contributed by atoms with Crippen LogP contribution in [0.1, 0.15) is 6.92 Å². The van der Waals surface area contributed by atoms with Crippen LogP contribution < -0.4 is 0 Å². The normalized spacial score (nSPS) is 12.0. The number of halogens is 2. The highest BCUT2D eigenvalue weighted by Gasteiger charge is 2.20. The molecule has 1 nitrogen and oxygen atoms in total. The zero-order chi connectivity index (χ0) is 5.91. The van der Waals surface area contributed by atoms with Gasteiger partial charge >= 0.3 is 6.94 Å². The topological polar surface area (TPSA) is 9.23 Å². The third-order valence-corrected chi connectivity index (χ3v) is 1.85. The van der Waals surface area contributed by atoms with Crippen molar-refractivity contribution in [3.8, 4) is 0 Å². The minimum Gasteiger partial charge on any atom is -0.393 e. The highest BCUT2D eigenvalue weighted by molar-refractivity contribution is 7.41. The fraction of sp³-hybridized carbons (Fsp3) is 1.00. The Hall–Kier alpha value is 0.757. The summed E-state index contributed by atoms with van der Waals surface area (Å²) < 4.78 is 4.90. The SMILES string of the molecule is CCO[Si](C)(Cl)Cl. The van der Waals surface area contributed by atoms with Crippen molar-refractivity contribution < 1.29 is 4.43 Å². The van der Waals surface area contributed by atoms with Crippen molar-refractivity contribution in [2.45, 2.75) is 13.5 Å². The van der Waals surface area contributed by atoms with E-state index in [0.29, 0.717) is 6.61 Å². The van der Waals surface area contributed by atoms with E-state index in [4.69, 9.17) is 26.6 Å². The lowest BCUT2D eigenvalue weighted by atomic mass is 10.9. The van der Waals surface area contributed by atoms with Crippen LogP contribution in [0.4, 0.5) is 0 Å². The van der Waals surface area contributed by atoms with Gasteiger partial charge in [-0.3, -0.25) is 0 Å². The molecule has 0 N–H and O–H groups in total. The van der Waals surface area contributed by atoms with E-state index in [1.165, 1.54) is 0 Å². The maximum atomic E-state index is 5.52. The molecule has 0 amide bonds. The van der Waals surface area contributed by atoms with E-state index in [1.807, 2.05) is 6.92 Å². The first kappa shape index (κ1) is 7.76. The second-order valence-corrected chi connectivity index (χ2v) is 8.05. The summed E-state index contributed by atoms with van der Waals surface area (Å²) in [6.45, 7) is 1.99. The quantitative estimate of drug-likeness (QED) is 0.442. The average Bonchev–Trinajstić information content (AvgIpc) is 1.30. The summed E-state index contributed by atoms with van der Waals surface area (Å²) in [5, 5.41) is 0. The lowest BCUT2D eigenvalue weighted by Gasteiger charge is -2.07. The zero-order valence-corrected chi connectivity index (χ0v) is 6.88. The molecule has 0 radical (unpaired) electrons. The predicted octanol–water partition coefficient (Wildman–Crippen LogP) is 2.07. The van der Waals surface area contributed by atoms with E-state index < -0.39 is 6.94 Å². The molecule has 0 heterocycles. The van der Waals surface area contributed by atoms with Gasteiger partial charge in [-0.15, -0.1) is 22.2 Å². The van der Waals surface area contributed by atoms with Crippen LogP contribution in [-0.4, -0.2) is 13.5 Å². The molecule has 0 aromatic carbocycles. The molecule has 44 valence electrons. The first-order valence-electron chi connectivity index (χ1n) is 2.08. The van der Waals surface area contributed by atoms with Crippen molar-refractivity contribution in [3.05, 3.63) is 0 Å². The molecular weight excluding hydrogens is 151 g/mol. The number of hydrogen-bond donors (Lipinski definition) is 0. The summed E-state index contributed by atoms with van der Waals surface area (Å²) in [4.78, 5) is 0. The van der Waals surface area contributed by atoms with E-state index in [1.54, 1.807) is 6.55 Å². The van der Waals surface area contributed by atoms with Gasteiger partial charge in [0.1, 0.15) is 0 Å². The van der Waals surface area contributed by atoms with Crippen LogP contribution in [0.5, 0.6) is 0 Å². The van der Waals surface area contributed by atoms with Crippen molar-refractivity contribution in [2.75, 3.05) is 6.61 Å². The minimum atomic E-state index is -2.21. The van der Waals surface area contributed by atoms with Gasteiger partial charge in [-0.1, -0.05) is 0 Å². The minimum absolute atomic E-state index is 0.607. The van der Waals surface area contributed by atoms with Crippen LogP contribution >= 0.6 is 22.2 Å². The monoisotopic (exact) mass is 158 g/mol. The maximum Gasteiger partial charge on any atom is 0.386 e. The molecule has 0 rings (SSSR count). The van der Waals surface area contributed by atoms with Gasteiger partial charge in [0.25, 0.3) is 0 Å². The summed E-state index contributed by atoms with van der Waals surface area (Å²) in [6.07, 6.45) is 0. The van der Waals surface area contributed by atoms with Crippen molar-refractivity contribution in [3.63, 3.8) is 0 Å². The molecule has 0 aliphatic heterocycles. The second kappa shape index (κ2) is 2.92. The van der Waals surface area contributed by atoms with Crippen LogP contribution in [0.25, 0.3) is 0 Å². The molecular formula is C3H8Cl2OSi. The van der Waals surface area contributed by atoms with Crippen molar-refractivity contribution >= 4 is 29.1 Å². The van der Waals surface area contributed by atoms with E-state index >= 15 is 0 Å². The molecule has 0 fully saturated rings. The molecule has 0 saturated carbocycles. The summed E-state index contributed by atoms with van der Waals surface area (Å²) >= 11 is 11.0. The Labute approximate surface area is 54.1 Å². The first-order valence-corrected chi connectivity index (χ1v) is 6.51. The molecule has 7 heavy (non-hydrogen) atoms. The average molecular weight is 159 g/mol. The molecule has 4 heteroatoms. The van der Waals surface area contributed by atoms with Gasteiger partial charge in [0.05, 0.1) is 0 Å². The van der Waals surface area contributed by atoms with Crippen molar-refractivity contribution in [1.29, 1.82) is 0 Å². The molecule has 0 bridgehead atoms. The smallest absolute Gasteiger partial charge is 0.386 e. The molecule has 0 saturated heterocycles. The van der Waals surface area contributed by atoms with Gasteiger partial charge in [-0.2, -0.15) is 0 Å². The Morgan fingerprint density at radius 1 is 1.57 bits per heavy atom. The molecule has 0 aromatic rings. The van der Waals surface area contributed by atoms with Gasteiger partial charge in [0, 0.05) is 6.61 Å². The second-order valence-electron chi connectivity index (χ2n) is 1.24. The van der Waals surface area contributed by atoms with Gasteiger partial charge < -0.3 is 4.43 Å². The number of rotatable bonds is 2. The largest absolute Gasteiger partial charge is 0.393 e. The molecule has 0 unspecified atom stereocenters. The maximum absolute atomic E-state index is 5.52. The van der Waals surface area contributed by atoms with Crippen molar-refractivity contribution in [1.82, 2.24) is 0 Å².